The Morgan fingerprint density at radius 2 is 1.79 bits per heavy atom. The molecule has 0 fully saturated rings. The molecule has 2 rings (SSSR count). The van der Waals surface area contributed by atoms with Crippen LogP contribution in [0, 0.1) is 0 Å². The molecule has 8 heteroatoms. The van der Waals surface area contributed by atoms with Gasteiger partial charge in [-0.05, 0) is 38.1 Å². The number of para-hydroxylation sites is 1. The minimum atomic E-state index is -0.0817. The van der Waals surface area contributed by atoms with Gasteiger partial charge in [-0.15, -0.1) is 24.0 Å². The van der Waals surface area contributed by atoms with Crippen LogP contribution in [-0.4, -0.2) is 38.9 Å². The summed E-state index contributed by atoms with van der Waals surface area (Å²) in [7, 11) is 4.80. The average Bonchev–Trinajstić information content (AvgIpc) is 2.72. The van der Waals surface area contributed by atoms with Gasteiger partial charge in [-0.3, -0.25) is 0 Å². The van der Waals surface area contributed by atoms with Crippen molar-refractivity contribution in [1.82, 2.24) is 10.6 Å². The SMILES string of the molecule is CCNC(=NCc1cccc(OC)c1O)NC(C)c1cc(OC)ccc1OC.I. The highest BCUT2D eigenvalue weighted by molar-refractivity contribution is 14.0. The van der Waals surface area contributed by atoms with Crippen LogP contribution in [0.25, 0.3) is 0 Å². The third kappa shape index (κ3) is 6.59. The monoisotopic (exact) mass is 515 g/mol. The highest BCUT2D eigenvalue weighted by Gasteiger charge is 2.15. The summed E-state index contributed by atoms with van der Waals surface area (Å²) in [6.45, 7) is 5.03. The smallest absolute Gasteiger partial charge is 0.192 e. The number of hydrogen-bond acceptors (Lipinski definition) is 5. The Morgan fingerprint density at radius 1 is 1.07 bits per heavy atom. The van der Waals surface area contributed by atoms with Crippen molar-refractivity contribution in [2.75, 3.05) is 27.9 Å². The molecule has 0 heterocycles. The molecule has 2 aromatic rings. The molecule has 0 spiro atoms. The van der Waals surface area contributed by atoms with Crippen molar-refractivity contribution in [3.05, 3.63) is 47.5 Å². The minimum Gasteiger partial charge on any atom is -0.504 e. The Morgan fingerprint density at radius 3 is 2.41 bits per heavy atom. The molecule has 0 radical (unpaired) electrons. The molecule has 1 unspecified atom stereocenters. The molecule has 0 aliphatic heterocycles. The molecule has 3 N–H and O–H groups in total. The number of benzene rings is 2. The molecule has 0 bridgehead atoms. The molecule has 0 aliphatic carbocycles. The Bertz CT molecular complexity index is 815. The van der Waals surface area contributed by atoms with Gasteiger partial charge in [-0.1, -0.05) is 12.1 Å². The first-order chi connectivity index (χ1) is 13.5. The first-order valence-electron chi connectivity index (χ1n) is 9.15. The molecule has 7 nitrogen and oxygen atoms in total. The number of hydrogen-bond donors (Lipinski definition) is 3. The minimum absolute atomic E-state index is 0. The Kier molecular flexibility index (Phi) is 10.4. The van der Waals surface area contributed by atoms with Crippen LogP contribution in [0.2, 0.25) is 0 Å². The second kappa shape index (κ2) is 12.3. The van der Waals surface area contributed by atoms with Crippen LogP contribution in [0.15, 0.2) is 41.4 Å². The van der Waals surface area contributed by atoms with Crippen molar-refractivity contribution in [2.45, 2.75) is 26.4 Å². The van der Waals surface area contributed by atoms with Crippen LogP contribution in [-0.2, 0) is 6.54 Å². The molecule has 2 aromatic carbocycles. The Labute approximate surface area is 189 Å². The van der Waals surface area contributed by atoms with Crippen LogP contribution < -0.4 is 24.8 Å². The van der Waals surface area contributed by atoms with Gasteiger partial charge in [0.15, 0.2) is 17.5 Å². The molecule has 29 heavy (non-hydrogen) atoms. The van der Waals surface area contributed by atoms with Crippen molar-refractivity contribution < 1.29 is 19.3 Å². The normalized spacial score (nSPS) is 11.8. The molecule has 0 amide bonds. The van der Waals surface area contributed by atoms with Crippen molar-refractivity contribution in [1.29, 1.82) is 0 Å². The first-order valence-corrected chi connectivity index (χ1v) is 9.15. The number of aliphatic imine (C=N–C) groups is 1. The van der Waals surface area contributed by atoms with E-state index in [4.69, 9.17) is 14.2 Å². The fourth-order valence-corrected chi connectivity index (χ4v) is 2.80. The number of methoxy groups -OCH3 is 3. The molecule has 0 saturated heterocycles. The molecule has 0 aliphatic rings. The lowest BCUT2D eigenvalue weighted by Gasteiger charge is -2.21. The second-order valence-electron chi connectivity index (χ2n) is 6.14. The third-order valence-electron chi connectivity index (χ3n) is 4.31. The zero-order valence-corrected chi connectivity index (χ0v) is 19.8. The van der Waals surface area contributed by atoms with E-state index in [-0.39, 0.29) is 35.8 Å². The maximum Gasteiger partial charge on any atom is 0.192 e. The highest BCUT2D eigenvalue weighted by atomic mass is 127. The second-order valence-corrected chi connectivity index (χ2v) is 6.14. The van der Waals surface area contributed by atoms with Gasteiger partial charge in [0.25, 0.3) is 0 Å². The quantitative estimate of drug-likeness (QED) is 0.282. The molecular weight excluding hydrogens is 485 g/mol. The summed E-state index contributed by atoms with van der Waals surface area (Å²) in [5.74, 6) is 2.68. The topological polar surface area (TPSA) is 84.3 Å². The van der Waals surface area contributed by atoms with E-state index in [0.717, 1.165) is 17.1 Å². The van der Waals surface area contributed by atoms with Gasteiger partial charge in [0.05, 0.1) is 33.9 Å². The lowest BCUT2D eigenvalue weighted by atomic mass is 10.1. The predicted octanol–water partition coefficient (Wildman–Crippen LogP) is 3.85. The van der Waals surface area contributed by atoms with Crippen LogP contribution in [0.4, 0.5) is 0 Å². The van der Waals surface area contributed by atoms with Crippen molar-refractivity contribution >= 4 is 29.9 Å². The summed E-state index contributed by atoms with van der Waals surface area (Å²) in [6, 6.07) is 11.0. The van der Waals surface area contributed by atoms with Crippen LogP contribution >= 0.6 is 24.0 Å². The van der Waals surface area contributed by atoms with Crippen molar-refractivity contribution in [2.24, 2.45) is 4.99 Å². The number of nitrogens with zero attached hydrogens (tertiary/aromatic N) is 1. The maximum atomic E-state index is 10.3. The van der Waals surface area contributed by atoms with Crippen LogP contribution in [0.1, 0.15) is 31.0 Å². The van der Waals surface area contributed by atoms with Gasteiger partial charge >= 0.3 is 0 Å². The molecular formula is C21H30IN3O4. The maximum absolute atomic E-state index is 10.3. The number of guanidine groups is 1. The van der Waals surface area contributed by atoms with Crippen molar-refractivity contribution in [3.63, 3.8) is 0 Å². The molecule has 0 aromatic heterocycles. The lowest BCUT2D eigenvalue weighted by Crippen LogP contribution is -2.38. The zero-order valence-electron chi connectivity index (χ0n) is 17.5. The van der Waals surface area contributed by atoms with E-state index >= 15 is 0 Å². The summed E-state index contributed by atoms with van der Waals surface area (Å²) in [5, 5.41) is 16.8. The number of nitrogens with one attached hydrogen (secondary N) is 2. The van der Waals surface area contributed by atoms with Crippen LogP contribution in [0.3, 0.4) is 0 Å². The van der Waals surface area contributed by atoms with E-state index in [1.807, 2.05) is 44.2 Å². The van der Waals surface area contributed by atoms with Gasteiger partial charge in [0.1, 0.15) is 11.5 Å². The van der Waals surface area contributed by atoms with E-state index in [9.17, 15) is 5.11 Å². The van der Waals surface area contributed by atoms with Gasteiger partial charge < -0.3 is 30.0 Å². The summed E-state index contributed by atoms with van der Waals surface area (Å²) >= 11 is 0. The van der Waals surface area contributed by atoms with Gasteiger partial charge in [-0.2, -0.15) is 0 Å². The number of aromatic hydroxyl groups is 1. The zero-order chi connectivity index (χ0) is 20.5. The molecule has 1 atom stereocenters. The lowest BCUT2D eigenvalue weighted by molar-refractivity contribution is 0.370. The average molecular weight is 515 g/mol. The van der Waals surface area contributed by atoms with E-state index in [2.05, 4.69) is 15.6 Å². The molecule has 160 valence electrons. The number of halogens is 1. The Balaban J connectivity index is 0.00000420. The molecule has 0 saturated carbocycles. The van der Waals surface area contributed by atoms with Gasteiger partial charge in [-0.25, -0.2) is 4.99 Å². The number of phenolic OH excluding ortho intramolecular Hbond substituents is 1. The highest BCUT2D eigenvalue weighted by Crippen LogP contribution is 2.30. The number of ether oxygens (including phenoxy) is 3. The summed E-state index contributed by atoms with van der Waals surface area (Å²) in [6.07, 6.45) is 0. The summed E-state index contributed by atoms with van der Waals surface area (Å²) in [4.78, 5) is 4.59. The standard InChI is InChI=1S/C21H29N3O4.HI/c1-6-22-21(23-13-15-8-7-9-19(28-5)20(15)25)24-14(2)17-12-16(26-3)10-11-18(17)27-4;/h7-12,14,25H,6,13H2,1-5H3,(H2,22,23,24);1H. The fraction of sp³-hybridized carbons (Fsp3) is 0.381. The summed E-state index contributed by atoms with van der Waals surface area (Å²) < 4.78 is 16.0. The van der Waals surface area contributed by atoms with Gasteiger partial charge in [0, 0.05) is 17.7 Å². The number of phenols is 1. The predicted molar refractivity (Wildman–Crippen MR) is 126 cm³/mol. The van der Waals surface area contributed by atoms with E-state index < -0.39 is 0 Å². The fourth-order valence-electron chi connectivity index (χ4n) is 2.80. The van der Waals surface area contributed by atoms with E-state index in [1.165, 1.54) is 7.11 Å². The number of rotatable bonds is 8. The first kappa shape index (κ1) is 24.7. The summed E-state index contributed by atoms with van der Waals surface area (Å²) in [5.41, 5.74) is 1.64. The van der Waals surface area contributed by atoms with E-state index in [1.54, 1.807) is 20.3 Å². The largest absolute Gasteiger partial charge is 0.504 e. The third-order valence-corrected chi connectivity index (χ3v) is 4.31. The Hall–Kier alpha value is -2.36. The van der Waals surface area contributed by atoms with Gasteiger partial charge in [0.2, 0.25) is 0 Å². The van der Waals surface area contributed by atoms with Crippen molar-refractivity contribution in [3.8, 4) is 23.0 Å². The van der Waals surface area contributed by atoms with Crippen LogP contribution in [0.5, 0.6) is 23.0 Å². The van der Waals surface area contributed by atoms with E-state index in [0.29, 0.717) is 30.4 Å².